The number of nitrogens with two attached hydrogens (primary N) is 1. The highest BCUT2D eigenvalue weighted by molar-refractivity contribution is 14.0. The van der Waals surface area contributed by atoms with Crippen LogP contribution in [0.25, 0.3) is 0 Å². The van der Waals surface area contributed by atoms with Crippen LogP contribution in [0.3, 0.4) is 0 Å². The van der Waals surface area contributed by atoms with E-state index in [4.69, 9.17) is 5.73 Å². The first kappa shape index (κ1) is 25.1. The second kappa shape index (κ2) is 13.3. The maximum atomic E-state index is 11.5. The molecule has 1 atom stereocenters. The van der Waals surface area contributed by atoms with E-state index in [1.54, 1.807) is 7.05 Å². The third-order valence-corrected chi connectivity index (χ3v) is 5.54. The molecule has 1 aliphatic rings. The molecule has 1 heterocycles. The zero-order valence-electron chi connectivity index (χ0n) is 18.2. The number of hydrogen-bond acceptors (Lipinski definition) is 3. The maximum absolute atomic E-state index is 11.5. The summed E-state index contributed by atoms with van der Waals surface area (Å²) in [7, 11) is 1.79. The highest BCUT2D eigenvalue weighted by Gasteiger charge is 2.23. The Morgan fingerprint density at radius 1 is 1.10 bits per heavy atom. The molecule has 0 aromatic heterocycles. The molecule has 2 aromatic carbocycles. The van der Waals surface area contributed by atoms with Crippen LogP contribution in [0.2, 0.25) is 0 Å². The number of piperidine rings is 1. The Labute approximate surface area is 202 Å². The van der Waals surface area contributed by atoms with E-state index in [1.807, 2.05) is 6.07 Å². The van der Waals surface area contributed by atoms with Crippen LogP contribution in [0, 0.1) is 5.92 Å². The van der Waals surface area contributed by atoms with Gasteiger partial charge in [-0.25, -0.2) is 0 Å². The summed E-state index contributed by atoms with van der Waals surface area (Å²) in [6, 6.07) is 19.0. The van der Waals surface area contributed by atoms with E-state index < -0.39 is 0 Å². The van der Waals surface area contributed by atoms with Crippen LogP contribution < -0.4 is 16.4 Å². The predicted molar refractivity (Wildman–Crippen MR) is 137 cm³/mol. The molecule has 1 fully saturated rings. The highest BCUT2D eigenvalue weighted by Crippen LogP contribution is 2.18. The number of amides is 1. The molecule has 168 valence electrons. The van der Waals surface area contributed by atoms with E-state index in [0.29, 0.717) is 6.54 Å². The van der Waals surface area contributed by atoms with Crippen molar-refractivity contribution < 1.29 is 4.79 Å². The van der Waals surface area contributed by atoms with E-state index in [1.165, 1.54) is 16.7 Å². The molecule has 1 unspecified atom stereocenters. The van der Waals surface area contributed by atoms with Crippen molar-refractivity contribution in [3.8, 4) is 0 Å². The molecular formula is C24H34IN5O. The maximum Gasteiger partial charge on any atom is 0.221 e. The number of hydrogen-bond donors (Lipinski definition) is 3. The predicted octanol–water partition coefficient (Wildman–Crippen LogP) is 2.91. The van der Waals surface area contributed by atoms with Gasteiger partial charge in [0.25, 0.3) is 0 Å². The van der Waals surface area contributed by atoms with Crippen molar-refractivity contribution in [1.29, 1.82) is 0 Å². The highest BCUT2D eigenvalue weighted by atomic mass is 127. The van der Waals surface area contributed by atoms with E-state index in [-0.39, 0.29) is 35.8 Å². The molecule has 2 aromatic rings. The Hall–Kier alpha value is -2.13. The lowest BCUT2D eigenvalue weighted by atomic mass is 9.97. The normalized spacial score (nSPS) is 16.9. The minimum atomic E-state index is -0.177. The van der Waals surface area contributed by atoms with Crippen molar-refractivity contribution in [2.75, 3.05) is 26.7 Å². The van der Waals surface area contributed by atoms with Gasteiger partial charge in [0.1, 0.15) is 0 Å². The fourth-order valence-corrected chi connectivity index (χ4v) is 3.90. The van der Waals surface area contributed by atoms with Gasteiger partial charge < -0.3 is 16.4 Å². The monoisotopic (exact) mass is 535 g/mol. The van der Waals surface area contributed by atoms with Crippen molar-refractivity contribution >= 4 is 35.8 Å². The van der Waals surface area contributed by atoms with E-state index in [2.05, 4.69) is 69.1 Å². The van der Waals surface area contributed by atoms with Crippen molar-refractivity contribution in [2.45, 2.75) is 32.4 Å². The standard InChI is InChI=1S/C24H33N5O.HI/c1-26-24(27-13-12-19-7-3-2-4-8-19)28-16-20-9-5-10-21(15-20)17-29-14-6-11-22(18-29)23(25)30;/h2-5,7-10,15,22H,6,11-14,16-18H2,1H3,(H2,25,30)(H2,26,27,28);1H. The second-order valence-corrected chi connectivity index (χ2v) is 7.88. The number of nitrogens with one attached hydrogen (secondary N) is 2. The Bertz CT molecular complexity index is 843. The lowest BCUT2D eigenvalue weighted by Crippen LogP contribution is -2.40. The zero-order valence-corrected chi connectivity index (χ0v) is 20.5. The summed E-state index contributed by atoms with van der Waals surface area (Å²) in [5, 5.41) is 6.76. The number of aliphatic imine (C=N–C) groups is 1. The quantitative estimate of drug-likeness (QED) is 0.276. The van der Waals surface area contributed by atoms with Gasteiger partial charge in [-0.3, -0.25) is 14.7 Å². The van der Waals surface area contributed by atoms with Crippen LogP contribution in [-0.2, 0) is 24.3 Å². The lowest BCUT2D eigenvalue weighted by molar-refractivity contribution is -0.123. The average Bonchev–Trinajstić information content (AvgIpc) is 2.77. The molecular weight excluding hydrogens is 501 g/mol. The van der Waals surface area contributed by atoms with E-state index >= 15 is 0 Å². The Kier molecular flexibility index (Phi) is 10.8. The molecule has 7 heteroatoms. The minimum absolute atomic E-state index is 0. The summed E-state index contributed by atoms with van der Waals surface area (Å²) in [4.78, 5) is 18.2. The van der Waals surface area contributed by atoms with Crippen molar-refractivity contribution in [1.82, 2.24) is 15.5 Å². The Balaban J connectivity index is 0.00000341. The molecule has 0 saturated carbocycles. The number of carbonyl (C=O) groups excluding carboxylic acids is 1. The van der Waals surface area contributed by atoms with Crippen LogP contribution in [-0.4, -0.2) is 43.4 Å². The van der Waals surface area contributed by atoms with Gasteiger partial charge in [-0.1, -0.05) is 54.6 Å². The molecule has 3 rings (SSSR count). The summed E-state index contributed by atoms with van der Waals surface area (Å²) < 4.78 is 0. The Morgan fingerprint density at radius 3 is 2.58 bits per heavy atom. The summed E-state index contributed by atoms with van der Waals surface area (Å²) in [6.45, 7) is 4.17. The average molecular weight is 535 g/mol. The third kappa shape index (κ3) is 8.49. The molecule has 1 saturated heterocycles. The van der Waals surface area contributed by atoms with Crippen LogP contribution in [0.5, 0.6) is 0 Å². The number of rotatable bonds is 8. The van der Waals surface area contributed by atoms with Crippen LogP contribution in [0.1, 0.15) is 29.5 Å². The van der Waals surface area contributed by atoms with Crippen molar-refractivity contribution in [3.63, 3.8) is 0 Å². The van der Waals surface area contributed by atoms with Gasteiger partial charge >= 0.3 is 0 Å². The number of nitrogens with zero attached hydrogens (tertiary/aromatic N) is 2. The smallest absolute Gasteiger partial charge is 0.221 e. The largest absolute Gasteiger partial charge is 0.369 e. The van der Waals surface area contributed by atoms with Crippen LogP contribution in [0.15, 0.2) is 59.6 Å². The molecule has 6 nitrogen and oxygen atoms in total. The number of likely N-dealkylation sites (tertiary alicyclic amines) is 1. The SMILES string of the molecule is CN=C(NCCc1ccccc1)NCc1cccc(CN2CCCC(C(N)=O)C2)c1.I. The summed E-state index contributed by atoms with van der Waals surface area (Å²) >= 11 is 0. The number of guanidine groups is 1. The van der Waals surface area contributed by atoms with Gasteiger partial charge in [0.05, 0.1) is 5.92 Å². The van der Waals surface area contributed by atoms with Gasteiger partial charge in [0, 0.05) is 33.2 Å². The fourth-order valence-electron chi connectivity index (χ4n) is 3.90. The summed E-state index contributed by atoms with van der Waals surface area (Å²) in [5.41, 5.74) is 9.28. The molecule has 0 spiro atoms. The molecule has 31 heavy (non-hydrogen) atoms. The third-order valence-electron chi connectivity index (χ3n) is 5.54. The minimum Gasteiger partial charge on any atom is -0.369 e. The first-order valence-electron chi connectivity index (χ1n) is 10.7. The second-order valence-electron chi connectivity index (χ2n) is 7.88. The summed E-state index contributed by atoms with van der Waals surface area (Å²) in [5.74, 6) is 0.606. The molecule has 1 amide bonds. The zero-order chi connectivity index (χ0) is 21.2. The van der Waals surface area contributed by atoms with Crippen LogP contribution in [0.4, 0.5) is 0 Å². The summed E-state index contributed by atoms with van der Waals surface area (Å²) in [6.07, 6.45) is 2.89. The first-order valence-corrected chi connectivity index (χ1v) is 10.7. The lowest BCUT2D eigenvalue weighted by Gasteiger charge is -2.31. The molecule has 1 aliphatic heterocycles. The molecule has 0 aliphatic carbocycles. The Morgan fingerprint density at radius 2 is 1.84 bits per heavy atom. The van der Waals surface area contributed by atoms with Gasteiger partial charge in [0.2, 0.25) is 5.91 Å². The van der Waals surface area contributed by atoms with Crippen molar-refractivity contribution in [2.24, 2.45) is 16.6 Å². The van der Waals surface area contributed by atoms with Gasteiger partial charge in [0.15, 0.2) is 5.96 Å². The van der Waals surface area contributed by atoms with Crippen LogP contribution >= 0.6 is 24.0 Å². The van der Waals surface area contributed by atoms with E-state index in [0.717, 1.165) is 51.4 Å². The van der Waals surface area contributed by atoms with E-state index in [9.17, 15) is 4.79 Å². The number of carbonyl (C=O) groups is 1. The van der Waals surface area contributed by atoms with Crippen molar-refractivity contribution in [3.05, 3.63) is 71.3 Å². The first-order chi connectivity index (χ1) is 14.6. The molecule has 0 radical (unpaired) electrons. The number of primary amides is 1. The van der Waals surface area contributed by atoms with Gasteiger partial charge in [-0.05, 0) is 42.5 Å². The number of halogens is 1. The molecule has 0 bridgehead atoms. The van der Waals surface area contributed by atoms with Gasteiger partial charge in [-0.15, -0.1) is 24.0 Å². The number of benzene rings is 2. The molecule has 4 N–H and O–H groups in total. The fraction of sp³-hybridized carbons (Fsp3) is 0.417. The topological polar surface area (TPSA) is 82.8 Å². The van der Waals surface area contributed by atoms with Gasteiger partial charge in [-0.2, -0.15) is 0 Å².